The van der Waals surface area contributed by atoms with Gasteiger partial charge in [-0.05, 0) is 45.0 Å². The molecule has 2 aromatic rings. The van der Waals surface area contributed by atoms with E-state index in [0.29, 0.717) is 12.5 Å². The zero-order valence-electron chi connectivity index (χ0n) is 14.3. The number of aryl methyl sites for hydroxylation is 1. The maximum atomic E-state index is 13.1. The summed E-state index contributed by atoms with van der Waals surface area (Å²) in [5, 5.41) is 7.88. The molecule has 5 nitrogen and oxygen atoms in total. The Hall–Kier alpha value is -2.21. The van der Waals surface area contributed by atoms with Crippen molar-refractivity contribution in [2.24, 2.45) is 0 Å². The second kappa shape index (κ2) is 6.73. The maximum absolute atomic E-state index is 13.1. The number of nitrogens with zero attached hydrogens (tertiary/aromatic N) is 3. The molecule has 1 aliphatic rings. The SMILES string of the molecule is Cc1nn(-c2ccc(F)cc2)c(C)c1CC(=O)N1CCN[C@@H](C)C1. The first-order chi connectivity index (χ1) is 11.5. The van der Waals surface area contributed by atoms with Crippen LogP contribution in [-0.2, 0) is 11.2 Å². The predicted octanol–water partition coefficient (Wildman–Crippen LogP) is 1.99. The van der Waals surface area contributed by atoms with Gasteiger partial charge in [0.05, 0.1) is 17.8 Å². The van der Waals surface area contributed by atoms with Gasteiger partial charge >= 0.3 is 0 Å². The van der Waals surface area contributed by atoms with Crippen molar-refractivity contribution in [3.63, 3.8) is 0 Å². The van der Waals surface area contributed by atoms with Crippen molar-refractivity contribution in [3.8, 4) is 5.69 Å². The van der Waals surface area contributed by atoms with E-state index in [-0.39, 0.29) is 11.7 Å². The minimum atomic E-state index is -0.275. The third-order valence-electron chi connectivity index (χ3n) is 4.56. The van der Waals surface area contributed by atoms with Gasteiger partial charge in [0.1, 0.15) is 5.82 Å². The number of piperazine rings is 1. The van der Waals surface area contributed by atoms with E-state index in [1.165, 1.54) is 12.1 Å². The Balaban J connectivity index is 1.81. The highest BCUT2D eigenvalue weighted by molar-refractivity contribution is 5.79. The fourth-order valence-electron chi connectivity index (χ4n) is 3.19. The highest BCUT2D eigenvalue weighted by atomic mass is 19.1. The molecule has 1 aromatic carbocycles. The van der Waals surface area contributed by atoms with Crippen LogP contribution in [0, 0.1) is 19.7 Å². The van der Waals surface area contributed by atoms with Gasteiger partial charge in [-0.1, -0.05) is 0 Å². The fraction of sp³-hybridized carbons (Fsp3) is 0.444. The number of halogens is 1. The fourth-order valence-corrected chi connectivity index (χ4v) is 3.19. The zero-order valence-corrected chi connectivity index (χ0v) is 14.3. The average Bonchev–Trinajstić information content (AvgIpc) is 2.84. The minimum absolute atomic E-state index is 0.133. The van der Waals surface area contributed by atoms with Crippen molar-refractivity contribution in [3.05, 3.63) is 47.0 Å². The van der Waals surface area contributed by atoms with Crippen molar-refractivity contribution < 1.29 is 9.18 Å². The zero-order chi connectivity index (χ0) is 17.3. The van der Waals surface area contributed by atoms with Crippen molar-refractivity contribution in [2.75, 3.05) is 19.6 Å². The average molecular weight is 330 g/mol. The first-order valence-electron chi connectivity index (χ1n) is 8.28. The lowest BCUT2D eigenvalue weighted by Gasteiger charge is -2.32. The number of carbonyl (C=O) groups excluding carboxylic acids is 1. The molecule has 128 valence electrons. The summed E-state index contributed by atoms with van der Waals surface area (Å²) in [7, 11) is 0. The first kappa shape index (κ1) is 16.6. The highest BCUT2D eigenvalue weighted by Crippen LogP contribution is 2.19. The van der Waals surface area contributed by atoms with Crippen LogP contribution in [0.3, 0.4) is 0 Å². The molecule has 1 amide bonds. The van der Waals surface area contributed by atoms with E-state index in [0.717, 1.165) is 42.3 Å². The number of aromatic nitrogens is 2. The molecule has 0 radical (unpaired) electrons. The molecule has 6 heteroatoms. The number of rotatable bonds is 3. The standard InChI is InChI=1S/C18H23FN4O/c1-12-11-22(9-8-20-12)18(24)10-17-13(2)21-23(14(17)3)16-6-4-15(19)5-7-16/h4-7,12,20H,8-11H2,1-3H3/t12-/m0/s1. The van der Waals surface area contributed by atoms with Crippen LogP contribution in [-0.4, -0.2) is 46.3 Å². The second-order valence-electron chi connectivity index (χ2n) is 6.41. The molecule has 1 saturated heterocycles. The van der Waals surface area contributed by atoms with Crippen molar-refractivity contribution >= 4 is 5.91 Å². The third-order valence-corrected chi connectivity index (χ3v) is 4.56. The summed E-state index contributed by atoms with van der Waals surface area (Å²) in [6, 6.07) is 6.54. The smallest absolute Gasteiger partial charge is 0.227 e. The monoisotopic (exact) mass is 330 g/mol. The van der Waals surface area contributed by atoms with Gasteiger partial charge in [0.25, 0.3) is 0 Å². The Labute approximate surface area is 141 Å². The van der Waals surface area contributed by atoms with Crippen molar-refractivity contribution in [2.45, 2.75) is 33.2 Å². The third kappa shape index (κ3) is 3.33. The summed E-state index contributed by atoms with van der Waals surface area (Å²) in [4.78, 5) is 14.5. The van der Waals surface area contributed by atoms with Gasteiger partial charge in [0.2, 0.25) is 5.91 Å². The maximum Gasteiger partial charge on any atom is 0.227 e. The lowest BCUT2D eigenvalue weighted by atomic mass is 10.1. The van der Waals surface area contributed by atoms with Gasteiger partial charge in [0, 0.05) is 36.9 Å². The number of nitrogens with one attached hydrogen (secondary N) is 1. The quantitative estimate of drug-likeness (QED) is 0.936. The van der Waals surface area contributed by atoms with E-state index in [2.05, 4.69) is 17.3 Å². The van der Waals surface area contributed by atoms with Gasteiger partial charge < -0.3 is 10.2 Å². The Morgan fingerprint density at radius 1 is 1.33 bits per heavy atom. The number of carbonyl (C=O) groups is 1. The minimum Gasteiger partial charge on any atom is -0.340 e. The molecule has 1 aromatic heterocycles. The lowest BCUT2D eigenvalue weighted by Crippen LogP contribution is -2.51. The van der Waals surface area contributed by atoms with E-state index in [1.807, 2.05) is 18.7 Å². The van der Waals surface area contributed by atoms with Gasteiger partial charge in [-0.25, -0.2) is 9.07 Å². The summed E-state index contributed by atoms with van der Waals surface area (Å²) in [5.74, 6) is -0.142. The second-order valence-corrected chi connectivity index (χ2v) is 6.41. The molecule has 1 aliphatic heterocycles. The Morgan fingerprint density at radius 3 is 2.71 bits per heavy atom. The molecule has 0 bridgehead atoms. The van der Waals surface area contributed by atoms with Gasteiger partial charge in [0.15, 0.2) is 0 Å². The molecule has 2 heterocycles. The number of hydrogen-bond acceptors (Lipinski definition) is 3. The van der Waals surface area contributed by atoms with Gasteiger partial charge in [-0.2, -0.15) is 5.10 Å². The van der Waals surface area contributed by atoms with Crippen LogP contribution in [0.15, 0.2) is 24.3 Å². The van der Waals surface area contributed by atoms with E-state index < -0.39 is 0 Å². The van der Waals surface area contributed by atoms with Crippen LogP contribution in [0.2, 0.25) is 0 Å². The molecule has 0 aliphatic carbocycles. The van der Waals surface area contributed by atoms with Gasteiger partial charge in [-0.15, -0.1) is 0 Å². The molecule has 0 spiro atoms. The van der Waals surface area contributed by atoms with Crippen LogP contribution < -0.4 is 5.32 Å². The van der Waals surface area contributed by atoms with E-state index in [9.17, 15) is 9.18 Å². The molecule has 1 atom stereocenters. The van der Waals surface area contributed by atoms with Crippen molar-refractivity contribution in [1.82, 2.24) is 20.0 Å². The molecule has 1 fully saturated rings. The summed E-state index contributed by atoms with van der Waals surface area (Å²) >= 11 is 0. The number of benzene rings is 1. The largest absolute Gasteiger partial charge is 0.340 e. The Kier molecular flexibility index (Phi) is 4.66. The highest BCUT2D eigenvalue weighted by Gasteiger charge is 2.23. The molecule has 24 heavy (non-hydrogen) atoms. The normalized spacial score (nSPS) is 18.0. The summed E-state index contributed by atoms with van der Waals surface area (Å²) in [6.07, 6.45) is 0.353. The molecule has 1 N–H and O–H groups in total. The number of amides is 1. The van der Waals surface area contributed by atoms with Gasteiger partial charge in [-0.3, -0.25) is 4.79 Å². The predicted molar refractivity (Wildman–Crippen MR) is 90.7 cm³/mol. The summed E-state index contributed by atoms with van der Waals surface area (Å²) in [6.45, 7) is 8.26. The molecule has 0 unspecified atom stereocenters. The molecular formula is C18H23FN4O. The molecular weight excluding hydrogens is 307 g/mol. The Bertz CT molecular complexity index is 738. The van der Waals surface area contributed by atoms with E-state index in [4.69, 9.17) is 0 Å². The van der Waals surface area contributed by atoms with E-state index in [1.54, 1.807) is 16.8 Å². The summed E-state index contributed by atoms with van der Waals surface area (Å²) in [5.41, 5.74) is 3.52. The summed E-state index contributed by atoms with van der Waals surface area (Å²) < 4.78 is 14.9. The van der Waals surface area contributed by atoms with E-state index >= 15 is 0 Å². The topological polar surface area (TPSA) is 50.2 Å². The molecule has 3 rings (SSSR count). The van der Waals surface area contributed by atoms with Crippen LogP contribution in [0.4, 0.5) is 4.39 Å². The van der Waals surface area contributed by atoms with Crippen LogP contribution in [0.1, 0.15) is 23.9 Å². The van der Waals surface area contributed by atoms with Crippen molar-refractivity contribution in [1.29, 1.82) is 0 Å². The van der Waals surface area contributed by atoms with Crippen LogP contribution >= 0.6 is 0 Å². The van der Waals surface area contributed by atoms with Crippen LogP contribution in [0.5, 0.6) is 0 Å². The molecule has 0 saturated carbocycles. The van der Waals surface area contributed by atoms with Crippen LogP contribution in [0.25, 0.3) is 5.69 Å². The lowest BCUT2D eigenvalue weighted by molar-refractivity contribution is -0.131. The first-order valence-corrected chi connectivity index (χ1v) is 8.28. The number of hydrogen-bond donors (Lipinski definition) is 1. The Morgan fingerprint density at radius 2 is 2.04 bits per heavy atom.